The van der Waals surface area contributed by atoms with Gasteiger partial charge in [-0.25, -0.2) is 4.98 Å². The van der Waals surface area contributed by atoms with Crippen LogP contribution in [0.25, 0.3) is 0 Å². The van der Waals surface area contributed by atoms with Crippen LogP contribution in [0.1, 0.15) is 5.69 Å². The van der Waals surface area contributed by atoms with Gasteiger partial charge in [-0.1, -0.05) is 17.7 Å². The summed E-state index contributed by atoms with van der Waals surface area (Å²) in [5.74, 6) is 1.50. The zero-order chi connectivity index (χ0) is 12.3. The molecule has 0 aliphatic rings. The maximum absolute atomic E-state index is 5.92. The van der Waals surface area contributed by atoms with E-state index in [0.29, 0.717) is 16.6 Å². The van der Waals surface area contributed by atoms with E-state index in [-0.39, 0.29) is 5.88 Å². The van der Waals surface area contributed by atoms with Crippen molar-refractivity contribution in [1.29, 1.82) is 0 Å². The molecule has 0 saturated heterocycles. The SMILES string of the molecule is ClCc1nc(Oc2cccc(I)c2)ccc1Cl. The summed E-state index contributed by atoms with van der Waals surface area (Å²) in [6, 6.07) is 11.2. The van der Waals surface area contributed by atoms with E-state index >= 15 is 0 Å². The van der Waals surface area contributed by atoms with E-state index in [1.54, 1.807) is 12.1 Å². The molecular weight excluding hydrogens is 372 g/mol. The van der Waals surface area contributed by atoms with Crippen molar-refractivity contribution >= 4 is 45.8 Å². The van der Waals surface area contributed by atoms with E-state index in [2.05, 4.69) is 27.6 Å². The molecule has 0 bridgehead atoms. The maximum Gasteiger partial charge on any atom is 0.219 e. The van der Waals surface area contributed by atoms with Crippen LogP contribution >= 0.6 is 45.8 Å². The van der Waals surface area contributed by atoms with Gasteiger partial charge in [0.05, 0.1) is 16.6 Å². The largest absolute Gasteiger partial charge is 0.439 e. The highest BCUT2D eigenvalue weighted by atomic mass is 127. The third kappa shape index (κ3) is 3.47. The highest BCUT2D eigenvalue weighted by molar-refractivity contribution is 14.1. The first-order valence-corrected chi connectivity index (χ1v) is 6.83. The Hall–Kier alpha value is -0.520. The van der Waals surface area contributed by atoms with E-state index in [9.17, 15) is 0 Å². The predicted molar refractivity (Wildman–Crippen MR) is 78.0 cm³/mol. The van der Waals surface area contributed by atoms with Crippen LogP contribution in [0.4, 0.5) is 0 Å². The summed E-state index contributed by atoms with van der Waals surface area (Å²) in [4.78, 5) is 4.23. The fraction of sp³-hybridized carbons (Fsp3) is 0.0833. The lowest BCUT2D eigenvalue weighted by molar-refractivity contribution is 0.461. The third-order valence-corrected chi connectivity index (χ3v) is 3.31. The van der Waals surface area contributed by atoms with Crippen LogP contribution in [0, 0.1) is 3.57 Å². The molecule has 1 heterocycles. The molecule has 5 heteroatoms. The fourth-order valence-electron chi connectivity index (χ4n) is 1.27. The van der Waals surface area contributed by atoms with Crippen LogP contribution in [0.2, 0.25) is 5.02 Å². The Balaban J connectivity index is 2.24. The highest BCUT2D eigenvalue weighted by Gasteiger charge is 2.04. The average Bonchev–Trinajstić information content (AvgIpc) is 2.32. The number of alkyl halides is 1. The van der Waals surface area contributed by atoms with Gasteiger partial charge in [0.2, 0.25) is 5.88 Å². The van der Waals surface area contributed by atoms with Crippen molar-refractivity contribution in [1.82, 2.24) is 4.98 Å². The van der Waals surface area contributed by atoms with Gasteiger partial charge in [0, 0.05) is 9.64 Å². The molecule has 0 aliphatic heterocycles. The average molecular weight is 380 g/mol. The zero-order valence-electron chi connectivity index (χ0n) is 8.66. The smallest absolute Gasteiger partial charge is 0.219 e. The van der Waals surface area contributed by atoms with Gasteiger partial charge in [0.1, 0.15) is 5.75 Å². The molecule has 0 fully saturated rings. The first-order valence-electron chi connectivity index (χ1n) is 4.84. The Morgan fingerprint density at radius 3 is 2.76 bits per heavy atom. The summed E-state index contributed by atoms with van der Waals surface area (Å²) in [5.41, 5.74) is 0.622. The number of hydrogen-bond acceptors (Lipinski definition) is 2. The van der Waals surface area contributed by atoms with E-state index in [0.717, 1.165) is 9.32 Å². The van der Waals surface area contributed by atoms with Crippen molar-refractivity contribution in [2.75, 3.05) is 0 Å². The number of rotatable bonds is 3. The van der Waals surface area contributed by atoms with E-state index < -0.39 is 0 Å². The first-order chi connectivity index (χ1) is 8.19. The number of hydrogen-bond donors (Lipinski definition) is 0. The summed E-state index contributed by atoms with van der Waals surface area (Å²) in [7, 11) is 0. The molecule has 0 N–H and O–H groups in total. The summed E-state index contributed by atoms with van der Waals surface area (Å²) in [5, 5.41) is 0.551. The van der Waals surface area contributed by atoms with Crippen LogP contribution in [0.5, 0.6) is 11.6 Å². The minimum absolute atomic E-state index is 0.266. The van der Waals surface area contributed by atoms with E-state index in [1.165, 1.54) is 0 Å². The van der Waals surface area contributed by atoms with Gasteiger partial charge in [-0.2, -0.15) is 0 Å². The molecule has 17 heavy (non-hydrogen) atoms. The number of pyridine rings is 1. The van der Waals surface area contributed by atoms with Crippen LogP contribution in [-0.4, -0.2) is 4.98 Å². The molecule has 88 valence electrons. The molecule has 0 unspecified atom stereocenters. The molecule has 2 aromatic rings. The number of ether oxygens (including phenoxy) is 1. The topological polar surface area (TPSA) is 22.1 Å². The lowest BCUT2D eigenvalue weighted by Gasteiger charge is -2.07. The van der Waals surface area contributed by atoms with Gasteiger partial charge in [-0.15, -0.1) is 11.6 Å². The second kappa shape index (κ2) is 5.89. The predicted octanol–water partition coefficient (Wildman–Crippen LogP) is 4.87. The molecule has 0 aliphatic carbocycles. The maximum atomic E-state index is 5.92. The van der Waals surface area contributed by atoms with Gasteiger partial charge >= 0.3 is 0 Å². The Bertz CT molecular complexity index is 534. The van der Waals surface area contributed by atoms with Gasteiger partial charge in [-0.05, 0) is 46.9 Å². The van der Waals surface area contributed by atoms with Gasteiger partial charge in [-0.3, -0.25) is 0 Å². The molecule has 0 amide bonds. The molecule has 0 saturated carbocycles. The number of halogens is 3. The minimum atomic E-state index is 0.266. The number of benzene rings is 1. The van der Waals surface area contributed by atoms with Crippen LogP contribution < -0.4 is 4.74 Å². The minimum Gasteiger partial charge on any atom is -0.439 e. The lowest BCUT2D eigenvalue weighted by Crippen LogP contribution is -1.92. The Morgan fingerprint density at radius 1 is 1.24 bits per heavy atom. The quantitative estimate of drug-likeness (QED) is 0.560. The van der Waals surface area contributed by atoms with Gasteiger partial charge in [0.15, 0.2) is 0 Å². The van der Waals surface area contributed by atoms with E-state index in [4.69, 9.17) is 27.9 Å². The molecule has 0 spiro atoms. The second-order valence-electron chi connectivity index (χ2n) is 3.27. The van der Waals surface area contributed by atoms with Crippen molar-refractivity contribution in [3.05, 3.63) is 50.7 Å². The normalized spacial score (nSPS) is 10.3. The van der Waals surface area contributed by atoms with Gasteiger partial charge in [0.25, 0.3) is 0 Å². The van der Waals surface area contributed by atoms with Crippen molar-refractivity contribution in [3.63, 3.8) is 0 Å². The summed E-state index contributed by atoms with van der Waals surface area (Å²) < 4.78 is 6.73. The first kappa shape index (κ1) is 12.9. The molecule has 2 nitrogen and oxygen atoms in total. The highest BCUT2D eigenvalue weighted by Crippen LogP contribution is 2.24. The number of aromatic nitrogens is 1. The van der Waals surface area contributed by atoms with Crippen molar-refractivity contribution in [2.24, 2.45) is 0 Å². The second-order valence-corrected chi connectivity index (χ2v) is 5.19. The molecule has 1 aromatic carbocycles. The fourth-order valence-corrected chi connectivity index (χ4v) is 2.22. The standard InChI is InChI=1S/C12H8Cl2INO/c13-7-11-10(14)4-5-12(16-11)17-9-3-1-2-8(15)6-9/h1-6H,7H2. The summed E-state index contributed by atoms with van der Waals surface area (Å²) in [6.07, 6.45) is 0. The van der Waals surface area contributed by atoms with Crippen molar-refractivity contribution in [3.8, 4) is 11.6 Å². The monoisotopic (exact) mass is 379 g/mol. The van der Waals surface area contributed by atoms with Gasteiger partial charge < -0.3 is 4.74 Å². The van der Waals surface area contributed by atoms with Crippen LogP contribution in [0.15, 0.2) is 36.4 Å². The van der Waals surface area contributed by atoms with E-state index in [1.807, 2.05) is 24.3 Å². The molecule has 1 aromatic heterocycles. The summed E-state index contributed by atoms with van der Waals surface area (Å²) in [6.45, 7) is 0. The molecular formula is C12H8Cl2INO. The van der Waals surface area contributed by atoms with Crippen molar-refractivity contribution in [2.45, 2.75) is 5.88 Å². The van der Waals surface area contributed by atoms with Crippen LogP contribution in [-0.2, 0) is 5.88 Å². The van der Waals surface area contributed by atoms with Crippen molar-refractivity contribution < 1.29 is 4.74 Å². The zero-order valence-corrected chi connectivity index (χ0v) is 12.3. The number of nitrogens with zero attached hydrogens (tertiary/aromatic N) is 1. The lowest BCUT2D eigenvalue weighted by atomic mass is 10.3. The third-order valence-electron chi connectivity index (χ3n) is 2.04. The molecule has 0 radical (unpaired) electrons. The molecule has 0 atom stereocenters. The Morgan fingerprint density at radius 2 is 2.06 bits per heavy atom. The molecule has 2 rings (SSSR count). The Labute approximate surface area is 123 Å². The summed E-state index contributed by atoms with van der Waals surface area (Å²) >= 11 is 13.9. The van der Waals surface area contributed by atoms with Crippen LogP contribution in [0.3, 0.4) is 0 Å². The Kier molecular flexibility index (Phi) is 4.48.